The molecule has 2 aromatic carbocycles. The third-order valence-electron chi connectivity index (χ3n) is 3.06. The van der Waals surface area contributed by atoms with Crippen LogP contribution in [0.25, 0.3) is 0 Å². The zero-order valence-corrected chi connectivity index (χ0v) is 13.6. The molecule has 1 atom stereocenters. The van der Waals surface area contributed by atoms with Gasteiger partial charge in [-0.05, 0) is 70.2 Å². The van der Waals surface area contributed by atoms with Gasteiger partial charge in [0.05, 0.1) is 9.85 Å². The molecule has 1 unspecified atom stereocenters. The van der Waals surface area contributed by atoms with Crippen molar-refractivity contribution < 1.29 is 4.39 Å². The van der Waals surface area contributed by atoms with Crippen molar-refractivity contribution in [2.75, 3.05) is 0 Å². The molecule has 2 rings (SSSR count). The predicted molar refractivity (Wildman–Crippen MR) is 82.7 cm³/mol. The van der Waals surface area contributed by atoms with Crippen LogP contribution < -0.4 is 0 Å². The highest BCUT2D eigenvalue weighted by Gasteiger charge is 2.16. The van der Waals surface area contributed by atoms with Crippen molar-refractivity contribution in [3.05, 3.63) is 67.9 Å². The average molecular weight is 362 g/mol. The van der Waals surface area contributed by atoms with Crippen LogP contribution in [0, 0.1) is 19.7 Å². The van der Waals surface area contributed by atoms with Crippen molar-refractivity contribution in [2.45, 2.75) is 19.2 Å². The smallest absolute Gasteiger partial charge is 0.137 e. The molecule has 0 saturated carbocycles. The summed E-state index contributed by atoms with van der Waals surface area (Å²) in [4.78, 5) is 0. The van der Waals surface area contributed by atoms with E-state index < -0.39 is 5.38 Å². The third kappa shape index (κ3) is 3.13. The highest BCUT2D eigenvalue weighted by Crippen LogP contribution is 2.34. The largest absolute Gasteiger partial charge is 0.206 e. The molecule has 2 aromatic rings. The molecule has 0 bridgehead atoms. The summed E-state index contributed by atoms with van der Waals surface area (Å²) in [6, 6.07) is 8.77. The number of benzene rings is 2. The van der Waals surface area contributed by atoms with Crippen LogP contribution in [0.15, 0.2) is 34.8 Å². The molecular formula is C15H12BrCl2F. The Hall–Kier alpha value is -0.570. The van der Waals surface area contributed by atoms with E-state index in [9.17, 15) is 4.39 Å². The minimum absolute atomic E-state index is 0.313. The average Bonchev–Trinajstić information content (AvgIpc) is 2.36. The number of halogens is 4. The molecule has 0 N–H and O–H groups in total. The molecule has 4 heteroatoms. The van der Waals surface area contributed by atoms with Crippen LogP contribution in [0.5, 0.6) is 0 Å². The molecule has 0 aliphatic heterocycles. The van der Waals surface area contributed by atoms with Crippen LogP contribution in [0.4, 0.5) is 4.39 Å². The Kier molecular flexibility index (Phi) is 4.54. The molecule has 0 aromatic heterocycles. The van der Waals surface area contributed by atoms with Gasteiger partial charge in [0, 0.05) is 5.02 Å². The van der Waals surface area contributed by atoms with Gasteiger partial charge in [0.1, 0.15) is 5.82 Å². The number of hydrogen-bond acceptors (Lipinski definition) is 0. The van der Waals surface area contributed by atoms with E-state index in [1.54, 1.807) is 6.07 Å². The monoisotopic (exact) mass is 360 g/mol. The minimum Gasteiger partial charge on any atom is -0.206 e. The molecule has 0 spiro atoms. The van der Waals surface area contributed by atoms with E-state index in [-0.39, 0.29) is 5.82 Å². The van der Waals surface area contributed by atoms with E-state index in [4.69, 9.17) is 23.2 Å². The zero-order chi connectivity index (χ0) is 14.2. The molecule has 0 aliphatic carbocycles. The fourth-order valence-electron chi connectivity index (χ4n) is 1.93. The molecule has 0 heterocycles. The Balaban J connectivity index is 2.46. The van der Waals surface area contributed by atoms with E-state index in [1.807, 2.05) is 32.0 Å². The van der Waals surface area contributed by atoms with E-state index in [1.165, 1.54) is 6.07 Å². The van der Waals surface area contributed by atoms with Crippen molar-refractivity contribution in [3.63, 3.8) is 0 Å². The van der Waals surface area contributed by atoms with Gasteiger partial charge in [-0.3, -0.25) is 0 Å². The van der Waals surface area contributed by atoms with Gasteiger partial charge >= 0.3 is 0 Å². The zero-order valence-electron chi connectivity index (χ0n) is 10.5. The lowest BCUT2D eigenvalue weighted by Crippen LogP contribution is -1.98. The maximum atomic E-state index is 13.6. The highest BCUT2D eigenvalue weighted by molar-refractivity contribution is 9.10. The summed E-state index contributed by atoms with van der Waals surface area (Å²) in [5.74, 6) is -0.313. The second-order valence-electron chi connectivity index (χ2n) is 4.49. The number of aryl methyl sites for hydroxylation is 2. The molecule has 0 fully saturated rings. The van der Waals surface area contributed by atoms with E-state index >= 15 is 0 Å². The Morgan fingerprint density at radius 2 is 1.79 bits per heavy atom. The molecule has 0 radical (unpaired) electrons. The first-order chi connectivity index (χ1) is 8.90. The van der Waals surface area contributed by atoms with Crippen LogP contribution in [-0.4, -0.2) is 0 Å². The first kappa shape index (κ1) is 14.8. The first-order valence-corrected chi connectivity index (χ1v) is 7.36. The lowest BCUT2D eigenvalue weighted by atomic mass is 9.98. The molecule has 0 amide bonds. The molecule has 100 valence electrons. The van der Waals surface area contributed by atoms with Gasteiger partial charge < -0.3 is 0 Å². The summed E-state index contributed by atoms with van der Waals surface area (Å²) in [5, 5.41) is 0.325. The standard InChI is InChI=1S/C15H12BrCl2F/c1-8-6-13(17)9(2)5-11(8)15(18)10-3-4-12(16)14(19)7-10/h3-7,15H,1-2H3. The second kappa shape index (κ2) is 5.82. The van der Waals surface area contributed by atoms with Gasteiger partial charge in [-0.1, -0.05) is 23.7 Å². The van der Waals surface area contributed by atoms with Crippen molar-refractivity contribution in [3.8, 4) is 0 Å². The van der Waals surface area contributed by atoms with Crippen molar-refractivity contribution >= 4 is 39.1 Å². The SMILES string of the molecule is Cc1cc(C(Cl)c2ccc(Br)c(F)c2)c(C)cc1Cl. The summed E-state index contributed by atoms with van der Waals surface area (Å²) in [6.07, 6.45) is 0. The Bertz CT molecular complexity index is 626. The lowest BCUT2D eigenvalue weighted by molar-refractivity contribution is 0.619. The van der Waals surface area contributed by atoms with E-state index in [0.717, 1.165) is 22.3 Å². The fraction of sp³-hybridized carbons (Fsp3) is 0.200. The maximum absolute atomic E-state index is 13.6. The predicted octanol–water partition coefficient (Wildman–Crippen LogP) is 6.19. The molecule has 0 nitrogen and oxygen atoms in total. The van der Waals surface area contributed by atoms with Crippen molar-refractivity contribution in [1.82, 2.24) is 0 Å². The summed E-state index contributed by atoms with van der Waals surface area (Å²) in [6.45, 7) is 3.88. The van der Waals surface area contributed by atoms with Crippen LogP contribution >= 0.6 is 39.1 Å². The molecular weight excluding hydrogens is 350 g/mol. The second-order valence-corrected chi connectivity index (χ2v) is 6.19. The lowest BCUT2D eigenvalue weighted by Gasteiger charge is -2.15. The van der Waals surface area contributed by atoms with Gasteiger partial charge in [0.15, 0.2) is 0 Å². The van der Waals surface area contributed by atoms with Crippen molar-refractivity contribution in [2.24, 2.45) is 0 Å². The molecule has 0 aliphatic rings. The Morgan fingerprint density at radius 1 is 1.11 bits per heavy atom. The number of hydrogen-bond donors (Lipinski definition) is 0. The van der Waals surface area contributed by atoms with Gasteiger partial charge in [0.2, 0.25) is 0 Å². The van der Waals surface area contributed by atoms with Gasteiger partial charge in [0.25, 0.3) is 0 Å². The maximum Gasteiger partial charge on any atom is 0.137 e. The quantitative estimate of drug-likeness (QED) is 0.559. The van der Waals surface area contributed by atoms with E-state index in [2.05, 4.69) is 15.9 Å². The molecule has 0 saturated heterocycles. The first-order valence-electron chi connectivity index (χ1n) is 5.76. The summed E-state index contributed by atoms with van der Waals surface area (Å²) < 4.78 is 14.0. The van der Waals surface area contributed by atoms with Gasteiger partial charge in [-0.15, -0.1) is 11.6 Å². The summed E-state index contributed by atoms with van der Waals surface area (Å²) >= 11 is 15.7. The normalized spacial score (nSPS) is 12.5. The topological polar surface area (TPSA) is 0 Å². The van der Waals surface area contributed by atoms with Crippen LogP contribution in [0.1, 0.15) is 27.6 Å². The van der Waals surface area contributed by atoms with Crippen LogP contribution in [0.3, 0.4) is 0 Å². The number of rotatable bonds is 2. The highest BCUT2D eigenvalue weighted by atomic mass is 79.9. The van der Waals surface area contributed by atoms with Crippen molar-refractivity contribution in [1.29, 1.82) is 0 Å². The summed E-state index contributed by atoms with van der Waals surface area (Å²) in [5.41, 5.74) is 3.64. The van der Waals surface area contributed by atoms with Crippen LogP contribution in [-0.2, 0) is 0 Å². The van der Waals surface area contributed by atoms with Gasteiger partial charge in [-0.2, -0.15) is 0 Å². The van der Waals surface area contributed by atoms with Crippen LogP contribution in [0.2, 0.25) is 5.02 Å². The minimum atomic E-state index is -0.390. The Labute approximate surface area is 130 Å². The Morgan fingerprint density at radius 3 is 2.42 bits per heavy atom. The number of alkyl halides is 1. The molecule has 19 heavy (non-hydrogen) atoms. The van der Waals surface area contributed by atoms with Gasteiger partial charge in [-0.25, -0.2) is 4.39 Å². The third-order valence-corrected chi connectivity index (χ3v) is 4.59. The van der Waals surface area contributed by atoms with E-state index in [0.29, 0.717) is 9.50 Å². The summed E-state index contributed by atoms with van der Waals surface area (Å²) in [7, 11) is 0. The fourth-order valence-corrected chi connectivity index (χ4v) is 2.76.